The van der Waals surface area contributed by atoms with Crippen LogP contribution in [0.5, 0.6) is 11.5 Å². The van der Waals surface area contributed by atoms with E-state index in [0.717, 1.165) is 5.69 Å². The molecule has 0 saturated carbocycles. The Hall–Kier alpha value is -3.02. The summed E-state index contributed by atoms with van der Waals surface area (Å²) in [6, 6.07) is 15.6. The molecule has 3 rings (SSSR count). The standard InChI is InChI=1S/C17H17N3O3/c1-20(12-7-5-4-6-8-12)17-18-16(19-23-17)14-11-13(21-2)9-10-15(14)22-3/h4-11H,1-3H3. The Bertz CT molecular complexity index is 787. The van der Waals surface area contributed by atoms with Crippen LogP contribution in [0, 0.1) is 0 Å². The quantitative estimate of drug-likeness (QED) is 0.718. The molecule has 0 aliphatic heterocycles. The van der Waals surface area contributed by atoms with Gasteiger partial charge in [0.25, 0.3) is 0 Å². The van der Waals surface area contributed by atoms with Crippen LogP contribution in [-0.4, -0.2) is 31.4 Å². The van der Waals surface area contributed by atoms with Crippen molar-refractivity contribution in [1.29, 1.82) is 0 Å². The summed E-state index contributed by atoms with van der Waals surface area (Å²) in [5.41, 5.74) is 1.67. The maximum Gasteiger partial charge on any atom is 0.328 e. The van der Waals surface area contributed by atoms with Crippen molar-refractivity contribution < 1.29 is 14.0 Å². The maximum atomic E-state index is 5.38. The molecule has 0 unspecified atom stereocenters. The third kappa shape index (κ3) is 2.96. The van der Waals surface area contributed by atoms with Gasteiger partial charge in [0.2, 0.25) is 5.82 Å². The normalized spacial score (nSPS) is 10.4. The highest BCUT2D eigenvalue weighted by Gasteiger charge is 2.17. The van der Waals surface area contributed by atoms with Gasteiger partial charge in [-0.15, -0.1) is 0 Å². The Kier molecular flexibility index (Phi) is 4.14. The minimum absolute atomic E-state index is 0.399. The van der Waals surface area contributed by atoms with Gasteiger partial charge in [-0.25, -0.2) is 0 Å². The van der Waals surface area contributed by atoms with Crippen molar-refractivity contribution in [2.24, 2.45) is 0 Å². The fourth-order valence-corrected chi connectivity index (χ4v) is 2.21. The smallest absolute Gasteiger partial charge is 0.328 e. The van der Waals surface area contributed by atoms with Crippen molar-refractivity contribution in [3.8, 4) is 22.9 Å². The summed E-state index contributed by atoms with van der Waals surface area (Å²) in [7, 11) is 5.08. The second kappa shape index (κ2) is 6.39. The molecule has 0 radical (unpaired) electrons. The van der Waals surface area contributed by atoms with Gasteiger partial charge in [0.15, 0.2) is 0 Å². The molecule has 0 bridgehead atoms. The summed E-state index contributed by atoms with van der Waals surface area (Å²) in [4.78, 5) is 6.28. The van der Waals surface area contributed by atoms with Crippen LogP contribution in [0.1, 0.15) is 0 Å². The maximum absolute atomic E-state index is 5.38. The lowest BCUT2D eigenvalue weighted by atomic mass is 10.2. The molecule has 0 aliphatic rings. The van der Waals surface area contributed by atoms with Gasteiger partial charge in [-0.1, -0.05) is 23.4 Å². The molecule has 1 heterocycles. The van der Waals surface area contributed by atoms with Gasteiger partial charge >= 0.3 is 6.01 Å². The molecule has 0 fully saturated rings. The zero-order valence-corrected chi connectivity index (χ0v) is 13.2. The average molecular weight is 311 g/mol. The minimum atomic E-state index is 0.399. The zero-order chi connectivity index (χ0) is 16.2. The van der Waals surface area contributed by atoms with Gasteiger partial charge in [-0.3, -0.25) is 4.90 Å². The molecule has 0 saturated heterocycles. The average Bonchev–Trinajstić information content (AvgIpc) is 3.11. The molecule has 1 aromatic heterocycles. The molecule has 0 atom stereocenters. The second-order valence-electron chi connectivity index (χ2n) is 4.86. The Labute approximate surface area is 134 Å². The second-order valence-corrected chi connectivity index (χ2v) is 4.86. The Morgan fingerprint density at radius 3 is 2.48 bits per heavy atom. The van der Waals surface area contributed by atoms with Crippen LogP contribution in [0.2, 0.25) is 0 Å². The molecule has 118 valence electrons. The predicted octanol–water partition coefficient (Wildman–Crippen LogP) is 3.52. The van der Waals surface area contributed by atoms with E-state index in [9.17, 15) is 0 Å². The summed E-state index contributed by atoms with van der Waals surface area (Å²) >= 11 is 0. The van der Waals surface area contributed by atoms with E-state index in [-0.39, 0.29) is 0 Å². The highest BCUT2D eigenvalue weighted by Crippen LogP contribution is 2.33. The first kappa shape index (κ1) is 14.9. The first-order chi connectivity index (χ1) is 11.2. The number of aromatic nitrogens is 2. The van der Waals surface area contributed by atoms with Gasteiger partial charge < -0.3 is 14.0 Å². The lowest BCUT2D eigenvalue weighted by molar-refractivity contribution is 0.402. The molecule has 6 nitrogen and oxygen atoms in total. The van der Waals surface area contributed by atoms with Crippen molar-refractivity contribution in [2.45, 2.75) is 0 Å². The number of hydrogen-bond donors (Lipinski definition) is 0. The first-order valence-electron chi connectivity index (χ1n) is 7.08. The number of hydrogen-bond acceptors (Lipinski definition) is 6. The summed E-state index contributed by atoms with van der Waals surface area (Å²) < 4.78 is 16.0. The summed E-state index contributed by atoms with van der Waals surface area (Å²) in [5, 5.41) is 4.05. The van der Waals surface area contributed by atoms with Gasteiger partial charge in [-0.05, 0) is 30.3 Å². The monoisotopic (exact) mass is 311 g/mol. The van der Waals surface area contributed by atoms with Crippen molar-refractivity contribution in [3.05, 3.63) is 48.5 Å². The van der Waals surface area contributed by atoms with Gasteiger partial charge in [0.1, 0.15) is 11.5 Å². The van der Waals surface area contributed by atoms with Crippen molar-refractivity contribution in [1.82, 2.24) is 10.1 Å². The molecule has 0 N–H and O–H groups in total. The highest BCUT2D eigenvalue weighted by atomic mass is 16.5. The summed E-state index contributed by atoms with van der Waals surface area (Å²) in [6.45, 7) is 0. The van der Waals surface area contributed by atoms with Gasteiger partial charge in [0, 0.05) is 12.7 Å². The molecule has 0 aliphatic carbocycles. The van der Waals surface area contributed by atoms with Crippen molar-refractivity contribution in [2.75, 3.05) is 26.2 Å². The van der Waals surface area contributed by atoms with E-state index in [1.165, 1.54) is 0 Å². The number of rotatable bonds is 5. The third-order valence-electron chi connectivity index (χ3n) is 3.49. The van der Waals surface area contributed by atoms with Crippen LogP contribution in [0.15, 0.2) is 53.1 Å². The molecule has 2 aromatic carbocycles. The number of methoxy groups -OCH3 is 2. The van der Waals surface area contributed by atoms with E-state index in [1.54, 1.807) is 14.2 Å². The number of nitrogens with zero attached hydrogens (tertiary/aromatic N) is 3. The fraction of sp³-hybridized carbons (Fsp3) is 0.176. The zero-order valence-electron chi connectivity index (χ0n) is 13.2. The largest absolute Gasteiger partial charge is 0.497 e. The van der Waals surface area contributed by atoms with Crippen LogP contribution < -0.4 is 14.4 Å². The Morgan fingerprint density at radius 2 is 1.78 bits per heavy atom. The molecule has 6 heteroatoms. The van der Waals surface area contributed by atoms with E-state index in [4.69, 9.17) is 14.0 Å². The number of ether oxygens (including phenoxy) is 2. The van der Waals surface area contributed by atoms with Crippen molar-refractivity contribution in [3.63, 3.8) is 0 Å². The van der Waals surface area contributed by atoms with Crippen molar-refractivity contribution >= 4 is 11.7 Å². The van der Waals surface area contributed by atoms with E-state index in [1.807, 2.05) is 60.5 Å². The summed E-state index contributed by atoms with van der Waals surface area (Å²) in [5.74, 6) is 1.79. The molecular formula is C17H17N3O3. The number of anilines is 2. The molecule has 23 heavy (non-hydrogen) atoms. The molecule has 0 spiro atoms. The van der Waals surface area contributed by atoms with Crippen LogP contribution >= 0.6 is 0 Å². The highest BCUT2D eigenvalue weighted by molar-refractivity contribution is 5.67. The van der Waals surface area contributed by atoms with Crippen LogP contribution in [0.25, 0.3) is 11.4 Å². The Morgan fingerprint density at radius 1 is 1.00 bits per heavy atom. The number of benzene rings is 2. The predicted molar refractivity (Wildman–Crippen MR) is 87.3 cm³/mol. The van der Waals surface area contributed by atoms with E-state index in [0.29, 0.717) is 28.9 Å². The van der Waals surface area contributed by atoms with Gasteiger partial charge in [-0.2, -0.15) is 4.98 Å². The van der Waals surface area contributed by atoms with Crippen LogP contribution in [-0.2, 0) is 0 Å². The Balaban J connectivity index is 1.96. The summed E-state index contributed by atoms with van der Waals surface area (Å²) in [6.07, 6.45) is 0. The van der Waals surface area contributed by atoms with Crippen LogP contribution in [0.4, 0.5) is 11.7 Å². The molecule has 3 aromatic rings. The first-order valence-corrected chi connectivity index (χ1v) is 7.08. The van der Waals surface area contributed by atoms with E-state index in [2.05, 4.69) is 10.1 Å². The minimum Gasteiger partial charge on any atom is -0.497 e. The van der Waals surface area contributed by atoms with E-state index < -0.39 is 0 Å². The van der Waals surface area contributed by atoms with Gasteiger partial charge in [0.05, 0.1) is 19.8 Å². The third-order valence-corrected chi connectivity index (χ3v) is 3.49. The SMILES string of the molecule is COc1ccc(OC)c(-c2noc(N(C)c3ccccc3)n2)c1. The topological polar surface area (TPSA) is 60.6 Å². The lowest BCUT2D eigenvalue weighted by Crippen LogP contribution is -2.09. The fourth-order valence-electron chi connectivity index (χ4n) is 2.21. The molecule has 0 amide bonds. The number of para-hydroxylation sites is 1. The van der Waals surface area contributed by atoms with E-state index >= 15 is 0 Å². The van der Waals surface area contributed by atoms with Crippen LogP contribution in [0.3, 0.4) is 0 Å². The molecular weight excluding hydrogens is 294 g/mol. The lowest BCUT2D eigenvalue weighted by Gasteiger charge is -2.12.